The third-order valence-corrected chi connectivity index (χ3v) is 8.89. The third kappa shape index (κ3) is 7.43. The minimum absolute atomic E-state index is 0.0344. The number of anilines is 2. The van der Waals surface area contributed by atoms with Crippen LogP contribution in [0.1, 0.15) is 90.5 Å². The molecule has 2 aliphatic carbocycles. The van der Waals surface area contributed by atoms with Gasteiger partial charge in [0.2, 0.25) is 17.5 Å². The first-order chi connectivity index (χ1) is 21.8. The van der Waals surface area contributed by atoms with E-state index < -0.39 is 11.6 Å². The Labute approximate surface area is 269 Å². The van der Waals surface area contributed by atoms with Crippen LogP contribution in [0.15, 0.2) is 78.4 Å². The molecule has 5 N–H and O–H groups in total. The van der Waals surface area contributed by atoms with E-state index >= 15 is 0 Å². The number of nitrogens with zero attached hydrogens (tertiary/aromatic N) is 2. The van der Waals surface area contributed by atoms with Gasteiger partial charge in [0, 0.05) is 27.3 Å². The smallest absolute Gasteiger partial charge is 0.234 e. The van der Waals surface area contributed by atoms with E-state index in [0.717, 1.165) is 36.1 Å². The van der Waals surface area contributed by atoms with Crippen molar-refractivity contribution < 1.29 is 14.7 Å². The molecule has 1 fully saturated rings. The number of benzene rings is 3. The molecule has 0 atom stereocenters. The van der Waals surface area contributed by atoms with Crippen molar-refractivity contribution in [3.63, 3.8) is 0 Å². The number of allylic oxidation sites excluding steroid dienone is 1. The van der Waals surface area contributed by atoms with Crippen LogP contribution < -0.4 is 11.5 Å². The average Bonchev–Trinajstić information content (AvgIpc) is 3.06. The van der Waals surface area contributed by atoms with Gasteiger partial charge in [0.15, 0.2) is 0 Å². The van der Waals surface area contributed by atoms with Gasteiger partial charge >= 0.3 is 0 Å². The summed E-state index contributed by atoms with van der Waals surface area (Å²) in [5.74, 6) is 0.196. The highest BCUT2D eigenvalue weighted by Crippen LogP contribution is 2.34. The van der Waals surface area contributed by atoms with Crippen molar-refractivity contribution in [3.05, 3.63) is 111 Å². The van der Waals surface area contributed by atoms with Crippen LogP contribution >= 0.6 is 11.6 Å². The standard InChI is InChI=1S/C25H26O3.C12H13ClN4/c26-23-20-10-4-5-11-21(20)24(27)25(28)22(23)12-6-7-17-13-15-19(16-14-17)18-8-2-1-3-9-18;1-2-9-10(11(14)17-12(15)16-9)7-3-5-8(13)6-4-7/h4-5,10-11,13-16,18,26H,1-3,6-9,12H2;3-6H,2H2,1H3,(H4,14,15,16,17). The van der Waals surface area contributed by atoms with E-state index in [0.29, 0.717) is 34.3 Å². The van der Waals surface area contributed by atoms with Crippen molar-refractivity contribution in [1.29, 1.82) is 0 Å². The number of Topliss-reactive ketones (excluding diaryl/α,β-unsaturated/α-hetero) is 2. The van der Waals surface area contributed by atoms with Crippen molar-refractivity contribution in [1.82, 2.24) is 9.97 Å². The van der Waals surface area contributed by atoms with E-state index in [4.69, 9.17) is 23.1 Å². The van der Waals surface area contributed by atoms with Crippen LogP contribution in [0.5, 0.6) is 0 Å². The highest BCUT2D eigenvalue weighted by Gasteiger charge is 2.32. The number of hydrogen-bond acceptors (Lipinski definition) is 7. The van der Waals surface area contributed by atoms with Gasteiger partial charge in [-0.25, -0.2) is 4.98 Å². The Morgan fingerprint density at radius 2 is 1.49 bits per heavy atom. The van der Waals surface area contributed by atoms with Crippen molar-refractivity contribution in [3.8, 4) is 11.1 Å². The molecule has 8 heteroatoms. The Bertz CT molecular complexity index is 1710. The lowest BCUT2D eigenvalue weighted by molar-refractivity contribution is -0.112. The summed E-state index contributed by atoms with van der Waals surface area (Å²) in [6.07, 6.45) is 9.33. The highest BCUT2D eigenvalue weighted by molar-refractivity contribution is 6.52. The first-order valence-electron chi connectivity index (χ1n) is 15.6. The second kappa shape index (κ2) is 14.5. The van der Waals surface area contributed by atoms with Gasteiger partial charge in [-0.3, -0.25) is 9.59 Å². The van der Waals surface area contributed by atoms with Gasteiger partial charge in [-0.05, 0) is 73.3 Å². The lowest BCUT2D eigenvalue weighted by atomic mass is 9.83. The van der Waals surface area contributed by atoms with Crippen molar-refractivity contribution in [2.45, 2.75) is 70.6 Å². The minimum Gasteiger partial charge on any atom is -0.507 e. The fourth-order valence-electron chi connectivity index (χ4n) is 6.24. The molecule has 6 rings (SSSR count). The molecule has 0 aliphatic heterocycles. The van der Waals surface area contributed by atoms with Gasteiger partial charge < -0.3 is 16.6 Å². The Balaban J connectivity index is 0.000000201. The number of aryl methyl sites for hydroxylation is 2. The first-order valence-corrected chi connectivity index (χ1v) is 16.0. The van der Waals surface area contributed by atoms with E-state index in [1.165, 1.54) is 43.2 Å². The number of nitrogens with two attached hydrogens (primary N) is 2. The van der Waals surface area contributed by atoms with Gasteiger partial charge in [0.05, 0.1) is 5.69 Å². The Morgan fingerprint density at radius 1 is 0.822 bits per heavy atom. The van der Waals surface area contributed by atoms with E-state index in [9.17, 15) is 14.7 Å². The van der Waals surface area contributed by atoms with Crippen LogP contribution in [0.25, 0.3) is 16.9 Å². The summed E-state index contributed by atoms with van der Waals surface area (Å²) in [7, 11) is 0. The number of carbonyl (C=O) groups is 2. The number of fused-ring (bicyclic) bond motifs is 1. The SMILES string of the molecule is CCc1nc(N)nc(N)c1-c1ccc(Cl)cc1.O=C1C(=O)c2ccccc2C(O)=C1CCCc1ccc(C2CCCCC2)cc1. The third-order valence-electron chi connectivity index (χ3n) is 8.64. The largest absolute Gasteiger partial charge is 0.507 e. The minimum atomic E-state index is -0.566. The number of carbonyl (C=O) groups excluding carboxylic acids is 2. The number of rotatable bonds is 7. The number of aliphatic hydroxyl groups excluding tert-OH is 1. The monoisotopic (exact) mass is 622 g/mol. The maximum Gasteiger partial charge on any atom is 0.234 e. The summed E-state index contributed by atoms with van der Waals surface area (Å²) >= 11 is 5.86. The summed E-state index contributed by atoms with van der Waals surface area (Å²) in [5.41, 5.74) is 17.8. The Kier molecular flexibility index (Phi) is 10.3. The quantitative estimate of drug-likeness (QED) is 0.177. The van der Waals surface area contributed by atoms with Crippen molar-refractivity contribution in [2.75, 3.05) is 11.5 Å². The number of hydrogen-bond donors (Lipinski definition) is 3. The number of nitrogen functional groups attached to an aromatic ring is 2. The summed E-state index contributed by atoms with van der Waals surface area (Å²) in [6.45, 7) is 2.00. The summed E-state index contributed by atoms with van der Waals surface area (Å²) in [6, 6.07) is 23.0. The zero-order chi connectivity index (χ0) is 31.9. The topological polar surface area (TPSA) is 132 Å². The molecule has 0 saturated heterocycles. The molecule has 2 aliphatic rings. The van der Waals surface area contributed by atoms with Crippen molar-refractivity contribution >= 4 is 40.7 Å². The molecular weight excluding hydrogens is 584 g/mol. The normalized spacial score (nSPS) is 15.0. The van der Waals surface area contributed by atoms with Gasteiger partial charge in [-0.2, -0.15) is 4.98 Å². The van der Waals surface area contributed by atoms with Crippen LogP contribution in [-0.4, -0.2) is 26.6 Å². The number of aliphatic hydroxyl groups is 1. The second-order valence-electron chi connectivity index (χ2n) is 11.6. The average molecular weight is 623 g/mol. The lowest BCUT2D eigenvalue weighted by Gasteiger charge is -2.22. The molecule has 0 amide bonds. The van der Waals surface area contributed by atoms with E-state index in [-0.39, 0.29) is 17.3 Å². The molecule has 0 spiro atoms. The van der Waals surface area contributed by atoms with Crippen molar-refractivity contribution in [2.24, 2.45) is 0 Å². The van der Waals surface area contributed by atoms with Crippen LogP contribution in [0.2, 0.25) is 5.02 Å². The van der Waals surface area contributed by atoms with Crippen LogP contribution in [0.4, 0.5) is 11.8 Å². The fourth-order valence-corrected chi connectivity index (χ4v) is 6.37. The van der Waals surface area contributed by atoms with Crippen LogP contribution in [0.3, 0.4) is 0 Å². The fraction of sp³-hybridized carbons (Fsp3) is 0.297. The highest BCUT2D eigenvalue weighted by atomic mass is 35.5. The van der Waals surface area contributed by atoms with Gasteiger partial charge in [0.25, 0.3) is 0 Å². The molecule has 1 saturated carbocycles. The first kappa shape index (κ1) is 31.9. The molecule has 3 aromatic carbocycles. The Morgan fingerprint density at radius 3 is 2.16 bits per heavy atom. The van der Waals surface area contributed by atoms with Gasteiger partial charge in [-0.15, -0.1) is 0 Å². The molecule has 1 aromatic heterocycles. The lowest BCUT2D eigenvalue weighted by Crippen LogP contribution is -2.24. The molecule has 1 heterocycles. The predicted molar refractivity (Wildman–Crippen MR) is 181 cm³/mol. The maximum atomic E-state index is 12.4. The maximum absolute atomic E-state index is 12.4. The van der Waals surface area contributed by atoms with E-state index in [1.54, 1.807) is 24.3 Å². The second-order valence-corrected chi connectivity index (χ2v) is 12.0. The molecule has 45 heavy (non-hydrogen) atoms. The Hall–Kier alpha value is -4.49. The molecule has 0 unspecified atom stereocenters. The molecule has 0 radical (unpaired) electrons. The van der Waals surface area contributed by atoms with Gasteiger partial charge in [-0.1, -0.05) is 98.5 Å². The van der Waals surface area contributed by atoms with Crippen LogP contribution in [-0.2, 0) is 17.6 Å². The van der Waals surface area contributed by atoms with Gasteiger partial charge in [0.1, 0.15) is 11.6 Å². The zero-order valence-electron chi connectivity index (χ0n) is 25.6. The summed E-state index contributed by atoms with van der Waals surface area (Å²) in [4.78, 5) is 32.9. The summed E-state index contributed by atoms with van der Waals surface area (Å²) < 4.78 is 0. The molecule has 7 nitrogen and oxygen atoms in total. The molecule has 4 aromatic rings. The number of halogens is 1. The number of ketones is 2. The zero-order valence-corrected chi connectivity index (χ0v) is 26.3. The number of aromatic nitrogens is 2. The van der Waals surface area contributed by atoms with Crippen LogP contribution in [0, 0.1) is 0 Å². The molecule has 232 valence electrons. The molecular formula is C37H39ClN4O3. The summed E-state index contributed by atoms with van der Waals surface area (Å²) in [5, 5.41) is 11.2. The van der Waals surface area contributed by atoms with E-state index in [2.05, 4.69) is 34.2 Å². The predicted octanol–water partition coefficient (Wildman–Crippen LogP) is 8.32. The van der Waals surface area contributed by atoms with E-state index in [1.807, 2.05) is 31.2 Å². The molecule has 0 bridgehead atoms.